The molecule has 118 valence electrons. The summed E-state index contributed by atoms with van der Waals surface area (Å²) in [6, 6.07) is 0. The van der Waals surface area contributed by atoms with Gasteiger partial charge in [-0.05, 0) is 51.9 Å². The first-order chi connectivity index (χ1) is 10.2. The number of aromatic nitrogens is 2. The summed E-state index contributed by atoms with van der Waals surface area (Å²) in [4.78, 5) is 13.6. The van der Waals surface area contributed by atoms with Crippen molar-refractivity contribution in [3.05, 3.63) is 18.0 Å². The Morgan fingerprint density at radius 2 is 1.95 bits per heavy atom. The van der Waals surface area contributed by atoms with Gasteiger partial charge in [0.05, 0.1) is 0 Å². The average Bonchev–Trinajstić information content (AvgIpc) is 2.50. The Labute approximate surface area is 128 Å². The summed E-state index contributed by atoms with van der Waals surface area (Å²) in [6.45, 7) is 7.54. The molecular weight excluding hydrogens is 262 g/mol. The minimum absolute atomic E-state index is 0.765. The average molecular weight is 291 g/mol. The quantitative estimate of drug-likeness (QED) is 0.776. The normalized spacial score (nSPS) is 17.1. The van der Waals surface area contributed by atoms with Gasteiger partial charge >= 0.3 is 0 Å². The van der Waals surface area contributed by atoms with Crippen molar-refractivity contribution in [2.75, 3.05) is 45.2 Å². The Kier molecular flexibility index (Phi) is 6.39. The molecule has 0 aliphatic carbocycles. The Bertz CT molecular complexity index is 398. The molecule has 1 saturated heterocycles. The second-order valence-corrected chi connectivity index (χ2v) is 6.20. The molecule has 21 heavy (non-hydrogen) atoms. The van der Waals surface area contributed by atoms with Crippen LogP contribution in [0.25, 0.3) is 0 Å². The number of anilines is 1. The van der Waals surface area contributed by atoms with E-state index >= 15 is 0 Å². The van der Waals surface area contributed by atoms with Gasteiger partial charge in [0.1, 0.15) is 0 Å². The fourth-order valence-electron chi connectivity index (χ4n) is 2.76. The highest BCUT2D eigenvalue weighted by atomic mass is 15.2. The van der Waals surface area contributed by atoms with Gasteiger partial charge in [-0.3, -0.25) is 0 Å². The van der Waals surface area contributed by atoms with Crippen molar-refractivity contribution in [3.63, 3.8) is 0 Å². The second-order valence-electron chi connectivity index (χ2n) is 6.20. The molecule has 0 spiro atoms. The molecule has 0 saturated carbocycles. The van der Waals surface area contributed by atoms with Crippen LogP contribution in [0.15, 0.2) is 12.4 Å². The molecule has 1 N–H and O–H groups in total. The summed E-state index contributed by atoms with van der Waals surface area (Å²) < 4.78 is 0. The van der Waals surface area contributed by atoms with Crippen LogP contribution in [0.1, 0.15) is 31.7 Å². The molecule has 1 fully saturated rings. The van der Waals surface area contributed by atoms with Gasteiger partial charge in [0.2, 0.25) is 5.95 Å². The molecule has 1 aliphatic rings. The Hall–Kier alpha value is -1.20. The molecule has 1 aromatic heterocycles. The van der Waals surface area contributed by atoms with E-state index in [1.165, 1.54) is 25.9 Å². The monoisotopic (exact) mass is 291 g/mol. The number of rotatable bonds is 7. The van der Waals surface area contributed by atoms with Gasteiger partial charge in [0, 0.05) is 38.1 Å². The molecule has 2 heterocycles. The zero-order chi connectivity index (χ0) is 15.1. The van der Waals surface area contributed by atoms with Gasteiger partial charge in [0.25, 0.3) is 0 Å². The third kappa shape index (κ3) is 5.25. The van der Waals surface area contributed by atoms with Crippen LogP contribution in [0, 0.1) is 5.92 Å². The molecule has 2 rings (SSSR count). The van der Waals surface area contributed by atoms with Crippen molar-refractivity contribution >= 4 is 5.95 Å². The lowest BCUT2D eigenvalue weighted by atomic mass is 9.97. The van der Waals surface area contributed by atoms with Crippen LogP contribution >= 0.6 is 0 Å². The predicted molar refractivity (Wildman–Crippen MR) is 87.5 cm³/mol. The summed E-state index contributed by atoms with van der Waals surface area (Å²) >= 11 is 0. The number of hydrogen-bond donors (Lipinski definition) is 1. The van der Waals surface area contributed by atoms with E-state index in [0.717, 1.165) is 43.5 Å². The maximum Gasteiger partial charge on any atom is 0.225 e. The van der Waals surface area contributed by atoms with E-state index in [4.69, 9.17) is 0 Å². The van der Waals surface area contributed by atoms with Crippen LogP contribution in [0.2, 0.25) is 0 Å². The van der Waals surface area contributed by atoms with Crippen molar-refractivity contribution in [3.8, 4) is 0 Å². The van der Waals surface area contributed by atoms with E-state index < -0.39 is 0 Å². The van der Waals surface area contributed by atoms with Crippen LogP contribution in [0.3, 0.4) is 0 Å². The third-order valence-electron chi connectivity index (χ3n) is 4.16. The van der Waals surface area contributed by atoms with Crippen molar-refractivity contribution in [2.24, 2.45) is 5.92 Å². The van der Waals surface area contributed by atoms with Crippen LogP contribution in [0.5, 0.6) is 0 Å². The van der Waals surface area contributed by atoms with E-state index in [0.29, 0.717) is 0 Å². The number of likely N-dealkylation sites (tertiary alicyclic amines) is 1. The van der Waals surface area contributed by atoms with Gasteiger partial charge in [-0.1, -0.05) is 6.92 Å². The lowest BCUT2D eigenvalue weighted by Gasteiger charge is -2.31. The molecule has 0 unspecified atom stereocenters. The van der Waals surface area contributed by atoms with Crippen LogP contribution < -0.4 is 10.2 Å². The molecule has 0 amide bonds. The smallest absolute Gasteiger partial charge is 0.225 e. The molecule has 5 heteroatoms. The Morgan fingerprint density at radius 1 is 1.29 bits per heavy atom. The molecule has 5 nitrogen and oxygen atoms in total. The van der Waals surface area contributed by atoms with Crippen molar-refractivity contribution < 1.29 is 0 Å². The Balaban J connectivity index is 1.80. The summed E-state index contributed by atoms with van der Waals surface area (Å²) in [5, 5.41) is 3.37. The van der Waals surface area contributed by atoms with E-state index in [2.05, 4.69) is 46.1 Å². The standard InChI is InChI=1S/C16H29N5/c1-4-7-17-10-15-11-18-16(19-12-15)21(3)13-14-5-8-20(2)9-6-14/h11-12,14,17H,4-10,13H2,1-3H3. The van der Waals surface area contributed by atoms with E-state index in [1.807, 2.05) is 12.4 Å². The number of hydrogen-bond acceptors (Lipinski definition) is 5. The van der Waals surface area contributed by atoms with Crippen LogP contribution in [0.4, 0.5) is 5.95 Å². The SMILES string of the molecule is CCCNCc1cnc(N(C)CC2CCN(C)CC2)nc1. The van der Waals surface area contributed by atoms with E-state index in [-0.39, 0.29) is 0 Å². The predicted octanol–water partition coefficient (Wildman–Crippen LogP) is 1.75. The molecule has 0 atom stereocenters. The van der Waals surface area contributed by atoms with Crippen LogP contribution in [-0.4, -0.2) is 55.1 Å². The minimum atomic E-state index is 0.765. The highest BCUT2D eigenvalue weighted by molar-refractivity contribution is 5.28. The molecule has 0 bridgehead atoms. The minimum Gasteiger partial charge on any atom is -0.344 e. The molecule has 1 aliphatic heterocycles. The summed E-state index contributed by atoms with van der Waals surface area (Å²) in [5.74, 6) is 1.61. The molecular formula is C16H29N5. The van der Waals surface area contributed by atoms with E-state index in [9.17, 15) is 0 Å². The zero-order valence-electron chi connectivity index (χ0n) is 13.7. The van der Waals surface area contributed by atoms with Crippen LogP contribution in [-0.2, 0) is 6.54 Å². The van der Waals surface area contributed by atoms with Crippen molar-refractivity contribution in [1.82, 2.24) is 20.2 Å². The lowest BCUT2D eigenvalue weighted by Crippen LogP contribution is -2.36. The third-order valence-corrected chi connectivity index (χ3v) is 4.16. The number of nitrogens with one attached hydrogen (secondary N) is 1. The van der Waals surface area contributed by atoms with Gasteiger partial charge in [-0.2, -0.15) is 0 Å². The maximum atomic E-state index is 4.50. The van der Waals surface area contributed by atoms with Gasteiger partial charge < -0.3 is 15.1 Å². The maximum absolute atomic E-state index is 4.50. The highest BCUT2D eigenvalue weighted by Gasteiger charge is 2.19. The topological polar surface area (TPSA) is 44.3 Å². The van der Waals surface area contributed by atoms with E-state index in [1.54, 1.807) is 0 Å². The largest absolute Gasteiger partial charge is 0.344 e. The molecule has 1 aromatic rings. The van der Waals surface area contributed by atoms with Gasteiger partial charge in [0.15, 0.2) is 0 Å². The van der Waals surface area contributed by atoms with Crippen molar-refractivity contribution in [2.45, 2.75) is 32.7 Å². The highest BCUT2D eigenvalue weighted by Crippen LogP contribution is 2.18. The summed E-state index contributed by atoms with van der Waals surface area (Å²) in [6.07, 6.45) is 7.59. The first kappa shape index (κ1) is 16.2. The van der Waals surface area contributed by atoms with Gasteiger partial charge in [-0.15, -0.1) is 0 Å². The first-order valence-corrected chi connectivity index (χ1v) is 8.10. The summed E-state index contributed by atoms with van der Waals surface area (Å²) in [5.41, 5.74) is 1.15. The fraction of sp³-hybridized carbons (Fsp3) is 0.750. The van der Waals surface area contributed by atoms with Gasteiger partial charge in [-0.25, -0.2) is 9.97 Å². The lowest BCUT2D eigenvalue weighted by molar-refractivity contribution is 0.222. The molecule has 0 radical (unpaired) electrons. The molecule has 0 aromatic carbocycles. The van der Waals surface area contributed by atoms with Crippen molar-refractivity contribution in [1.29, 1.82) is 0 Å². The zero-order valence-corrected chi connectivity index (χ0v) is 13.7. The number of nitrogens with zero attached hydrogens (tertiary/aromatic N) is 4. The Morgan fingerprint density at radius 3 is 2.57 bits per heavy atom. The second kappa shape index (κ2) is 8.29. The first-order valence-electron chi connectivity index (χ1n) is 8.10. The summed E-state index contributed by atoms with van der Waals surface area (Å²) in [7, 11) is 4.30. The fourth-order valence-corrected chi connectivity index (χ4v) is 2.76. The number of piperidine rings is 1.